The third kappa shape index (κ3) is 3.61. The Morgan fingerprint density at radius 3 is 2.69 bits per heavy atom. The molecule has 3 heterocycles. The van der Waals surface area contributed by atoms with Crippen molar-refractivity contribution in [2.75, 3.05) is 27.3 Å². The summed E-state index contributed by atoms with van der Waals surface area (Å²) in [7, 11) is 2.85. The Labute approximate surface area is 189 Å². The molecule has 2 atom stereocenters. The molecule has 0 N–H and O–H groups in total. The fourth-order valence-electron chi connectivity index (χ4n) is 5.53. The van der Waals surface area contributed by atoms with Crippen molar-refractivity contribution in [2.45, 2.75) is 45.4 Å². The molecule has 0 fully saturated rings. The Bertz CT molecular complexity index is 1100. The quantitative estimate of drug-likeness (QED) is 0.522. The van der Waals surface area contributed by atoms with Crippen LogP contribution in [0.1, 0.15) is 50.3 Å². The summed E-state index contributed by atoms with van der Waals surface area (Å²) in [5, 5.41) is 1.17. The van der Waals surface area contributed by atoms with Crippen molar-refractivity contribution in [1.29, 1.82) is 0 Å². The molecule has 6 nitrogen and oxygen atoms in total. The number of nitrogens with zero attached hydrogens (tertiary/aromatic N) is 2. The number of para-hydroxylation sites is 1. The lowest BCUT2D eigenvalue weighted by molar-refractivity contribution is -0.135. The molecule has 2 aromatic rings. The lowest BCUT2D eigenvalue weighted by Crippen LogP contribution is -2.35. The number of allylic oxidation sites excluding steroid dienone is 1. The van der Waals surface area contributed by atoms with Crippen molar-refractivity contribution >= 4 is 28.5 Å². The van der Waals surface area contributed by atoms with Crippen molar-refractivity contribution in [3.8, 4) is 0 Å². The van der Waals surface area contributed by atoms with Crippen LogP contribution in [0.5, 0.6) is 0 Å². The van der Waals surface area contributed by atoms with Gasteiger partial charge in [-0.15, -0.1) is 0 Å². The molecule has 0 amide bonds. The smallest absolute Gasteiger partial charge is 0.354 e. The van der Waals surface area contributed by atoms with Gasteiger partial charge in [-0.1, -0.05) is 32.0 Å². The predicted octanol–water partition coefficient (Wildman–Crippen LogP) is 4.49. The third-order valence-corrected chi connectivity index (χ3v) is 7.37. The number of carbonyl (C=O) groups excluding carboxylic acids is 2. The second kappa shape index (κ2) is 8.85. The first-order valence-corrected chi connectivity index (χ1v) is 11.4. The van der Waals surface area contributed by atoms with Crippen LogP contribution in [0, 0.1) is 5.41 Å². The number of hydrogen-bond acceptors (Lipinski definition) is 5. The summed E-state index contributed by atoms with van der Waals surface area (Å²) in [5.74, 6) is -0.355. The average Bonchev–Trinajstić information content (AvgIpc) is 3.15. The van der Waals surface area contributed by atoms with Gasteiger partial charge < -0.3 is 18.9 Å². The molecule has 2 bridgehead atoms. The summed E-state index contributed by atoms with van der Waals surface area (Å²) in [4.78, 5) is 26.8. The van der Waals surface area contributed by atoms with E-state index in [0.717, 1.165) is 44.3 Å². The molecule has 170 valence electrons. The molecular weight excluding hydrogens is 404 g/mol. The number of ether oxygens (including phenoxy) is 2. The number of aromatic nitrogens is 1. The van der Waals surface area contributed by atoms with Crippen LogP contribution < -0.4 is 0 Å². The van der Waals surface area contributed by atoms with Crippen LogP contribution in [-0.4, -0.2) is 48.7 Å². The van der Waals surface area contributed by atoms with Crippen LogP contribution in [0.3, 0.4) is 0 Å². The van der Waals surface area contributed by atoms with E-state index in [2.05, 4.69) is 47.6 Å². The molecule has 2 aliphatic rings. The highest BCUT2D eigenvalue weighted by atomic mass is 16.5. The van der Waals surface area contributed by atoms with Crippen molar-refractivity contribution < 1.29 is 19.1 Å². The summed E-state index contributed by atoms with van der Waals surface area (Å²) < 4.78 is 12.1. The predicted molar refractivity (Wildman–Crippen MR) is 125 cm³/mol. The van der Waals surface area contributed by atoms with Crippen molar-refractivity contribution in [3.05, 3.63) is 53.9 Å². The van der Waals surface area contributed by atoms with Crippen LogP contribution in [0.25, 0.3) is 16.6 Å². The maximum Gasteiger partial charge on any atom is 0.354 e. The molecule has 0 saturated heterocycles. The molecule has 0 aliphatic carbocycles. The van der Waals surface area contributed by atoms with E-state index < -0.39 is 0 Å². The molecule has 0 saturated carbocycles. The van der Waals surface area contributed by atoms with Crippen molar-refractivity contribution in [2.24, 2.45) is 5.41 Å². The van der Waals surface area contributed by atoms with Crippen LogP contribution in [0.15, 0.2) is 42.6 Å². The number of fused-ring (bicyclic) bond motifs is 4. The lowest BCUT2D eigenvalue weighted by Gasteiger charge is -2.42. The zero-order valence-electron chi connectivity index (χ0n) is 19.4. The highest BCUT2D eigenvalue weighted by Crippen LogP contribution is 2.52. The second-order valence-corrected chi connectivity index (χ2v) is 8.77. The van der Waals surface area contributed by atoms with E-state index in [1.54, 1.807) is 0 Å². The van der Waals surface area contributed by atoms with Gasteiger partial charge in [-0.25, -0.2) is 9.59 Å². The minimum Gasteiger partial charge on any atom is -0.466 e. The molecule has 2 unspecified atom stereocenters. The summed E-state index contributed by atoms with van der Waals surface area (Å²) in [5.41, 5.74) is 4.04. The number of benzene rings is 1. The minimum absolute atomic E-state index is 0.127. The Morgan fingerprint density at radius 1 is 1.19 bits per heavy atom. The van der Waals surface area contributed by atoms with Gasteiger partial charge >= 0.3 is 11.9 Å². The Morgan fingerprint density at radius 2 is 1.97 bits per heavy atom. The number of rotatable bonds is 4. The summed E-state index contributed by atoms with van der Waals surface area (Å²) in [6, 6.07) is 8.30. The number of hydrogen-bond donors (Lipinski definition) is 0. The molecule has 4 rings (SSSR count). The Hall–Kier alpha value is -3.02. The fourth-order valence-corrected chi connectivity index (χ4v) is 5.53. The first kappa shape index (κ1) is 22.2. The highest BCUT2D eigenvalue weighted by Gasteiger charge is 2.43. The molecule has 2 aliphatic heterocycles. The monoisotopic (exact) mass is 436 g/mol. The Kier molecular flexibility index (Phi) is 6.13. The molecular formula is C26H32N2O4. The van der Waals surface area contributed by atoms with E-state index in [9.17, 15) is 9.59 Å². The van der Waals surface area contributed by atoms with E-state index in [0.29, 0.717) is 5.70 Å². The zero-order valence-corrected chi connectivity index (χ0v) is 19.4. The Balaban J connectivity index is 1.90. The lowest BCUT2D eigenvalue weighted by atomic mass is 9.66. The van der Waals surface area contributed by atoms with E-state index in [1.165, 1.54) is 36.9 Å². The molecule has 6 heteroatoms. The van der Waals surface area contributed by atoms with E-state index in [1.807, 2.05) is 12.3 Å². The van der Waals surface area contributed by atoms with Gasteiger partial charge in [0.05, 0.1) is 19.7 Å². The van der Waals surface area contributed by atoms with Crippen LogP contribution in [0.4, 0.5) is 0 Å². The van der Waals surface area contributed by atoms with Crippen LogP contribution in [-0.2, 0) is 25.5 Å². The van der Waals surface area contributed by atoms with E-state index in [4.69, 9.17) is 9.47 Å². The van der Waals surface area contributed by atoms with Crippen molar-refractivity contribution in [1.82, 2.24) is 9.47 Å². The average molecular weight is 437 g/mol. The van der Waals surface area contributed by atoms with Gasteiger partial charge in [0.15, 0.2) is 0 Å². The molecule has 0 radical (unpaired) electrons. The topological polar surface area (TPSA) is 60.8 Å². The molecule has 1 aromatic carbocycles. The van der Waals surface area contributed by atoms with Gasteiger partial charge in [0.1, 0.15) is 5.70 Å². The summed E-state index contributed by atoms with van der Waals surface area (Å²) >= 11 is 0. The maximum absolute atomic E-state index is 12.9. The zero-order chi connectivity index (χ0) is 22.9. The summed E-state index contributed by atoms with van der Waals surface area (Å²) in [6.45, 7) is 6.15. The van der Waals surface area contributed by atoms with Crippen molar-refractivity contribution in [3.63, 3.8) is 0 Å². The number of esters is 2. The standard InChI is InChI=1S/C26H32N2O4/c1-5-26-13-8-14-27(16-12-23(29)31-3)15-11-20-19-9-6-7-10-21(19)28(24(20)18(26)2)22(17-26)25(30)32-4/h6-7,9-10,12,16-18H,5,8,11,13-15H2,1-4H3/b16-12+. The maximum atomic E-state index is 12.9. The fraction of sp³-hybridized carbons (Fsp3) is 0.462. The van der Waals surface area contributed by atoms with E-state index >= 15 is 0 Å². The first-order chi connectivity index (χ1) is 15.5. The molecule has 0 spiro atoms. The van der Waals surface area contributed by atoms with Gasteiger partial charge in [0.25, 0.3) is 0 Å². The summed E-state index contributed by atoms with van der Waals surface area (Å²) in [6.07, 6.45) is 9.19. The second-order valence-electron chi connectivity index (χ2n) is 8.77. The van der Waals surface area contributed by atoms with E-state index in [-0.39, 0.29) is 23.3 Å². The van der Waals surface area contributed by atoms with Gasteiger partial charge in [-0.3, -0.25) is 0 Å². The van der Waals surface area contributed by atoms with Crippen LogP contribution in [0.2, 0.25) is 0 Å². The van der Waals surface area contributed by atoms with Gasteiger partial charge in [0.2, 0.25) is 0 Å². The minimum atomic E-state index is -0.345. The SMILES string of the molecule is CCC12C=C(C(=O)OC)n3c(c(c4ccccc43)CCN(/C=C/C(=O)OC)CCC1)C2C. The first-order valence-electron chi connectivity index (χ1n) is 11.4. The normalized spacial score (nSPS) is 23.2. The van der Waals surface area contributed by atoms with Crippen LogP contribution >= 0.6 is 0 Å². The van der Waals surface area contributed by atoms with Gasteiger partial charge in [0, 0.05) is 42.4 Å². The molecule has 32 heavy (non-hydrogen) atoms. The van der Waals surface area contributed by atoms with Gasteiger partial charge in [-0.05, 0) is 48.8 Å². The third-order valence-electron chi connectivity index (χ3n) is 7.37. The molecule has 1 aromatic heterocycles. The number of carbonyl (C=O) groups is 2. The largest absolute Gasteiger partial charge is 0.466 e. The van der Waals surface area contributed by atoms with Gasteiger partial charge in [-0.2, -0.15) is 0 Å². The highest BCUT2D eigenvalue weighted by molar-refractivity contribution is 6.13. The number of methoxy groups -OCH3 is 2.